The quantitative estimate of drug-likeness (QED) is 0.863. The highest BCUT2D eigenvalue weighted by Gasteiger charge is 2.32. The van der Waals surface area contributed by atoms with Gasteiger partial charge in [-0.05, 0) is 36.1 Å². The summed E-state index contributed by atoms with van der Waals surface area (Å²) in [6, 6.07) is 4.11. The molecule has 4 heteroatoms. The maximum atomic E-state index is 13.3. The molecule has 0 aliphatic carbocycles. The first-order valence-electron chi connectivity index (χ1n) is 6.99. The van der Waals surface area contributed by atoms with Crippen molar-refractivity contribution < 1.29 is 13.5 Å². The lowest BCUT2D eigenvalue weighted by molar-refractivity contribution is -0.0106. The SMILES string of the molecule is CCNC(Cc1ccc(F)c(F)c1)C(OC)C(C)(C)C. The second kappa shape index (κ2) is 7.14. The van der Waals surface area contributed by atoms with Gasteiger partial charge in [-0.1, -0.05) is 33.8 Å². The molecule has 0 bridgehead atoms. The minimum atomic E-state index is -0.812. The van der Waals surface area contributed by atoms with Gasteiger partial charge >= 0.3 is 0 Å². The number of benzene rings is 1. The van der Waals surface area contributed by atoms with Gasteiger partial charge < -0.3 is 10.1 Å². The van der Waals surface area contributed by atoms with Crippen molar-refractivity contribution in [3.63, 3.8) is 0 Å². The monoisotopic (exact) mass is 285 g/mol. The van der Waals surface area contributed by atoms with E-state index >= 15 is 0 Å². The van der Waals surface area contributed by atoms with Crippen molar-refractivity contribution in [2.24, 2.45) is 5.41 Å². The van der Waals surface area contributed by atoms with E-state index in [0.29, 0.717) is 6.42 Å². The van der Waals surface area contributed by atoms with Crippen LogP contribution in [0.5, 0.6) is 0 Å². The standard InChI is InChI=1S/C16H25F2NO/c1-6-19-14(15(20-5)16(2,3)4)10-11-7-8-12(17)13(18)9-11/h7-9,14-15,19H,6,10H2,1-5H3. The molecule has 0 spiro atoms. The van der Waals surface area contributed by atoms with Crippen LogP contribution < -0.4 is 5.32 Å². The van der Waals surface area contributed by atoms with Gasteiger partial charge in [-0.15, -0.1) is 0 Å². The third-order valence-corrected chi connectivity index (χ3v) is 3.38. The van der Waals surface area contributed by atoms with E-state index in [1.54, 1.807) is 13.2 Å². The normalized spacial score (nSPS) is 15.2. The molecule has 0 heterocycles. The van der Waals surface area contributed by atoms with Crippen LogP contribution in [0.25, 0.3) is 0 Å². The first kappa shape index (κ1) is 17.1. The van der Waals surface area contributed by atoms with Crippen LogP contribution in [0.3, 0.4) is 0 Å². The number of halogens is 2. The Balaban J connectivity index is 2.93. The lowest BCUT2D eigenvalue weighted by Gasteiger charge is -2.36. The molecular weight excluding hydrogens is 260 g/mol. The molecule has 2 nitrogen and oxygen atoms in total. The summed E-state index contributed by atoms with van der Waals surface area (Å²) in [5.74, 6) is -1.62. The Morgan fingerprint density at radius 1 is 1.20 bits per heavy atom. The van der Waals surface area contributed by atoms with Crippen molar-refractivity contribution in [3.8, 4) is 0 Å². The van der Waals surface area contributed by atoms with Gasteiger partial charge in [-0.3, -0.25) is 0 Å². The van der Waals surface area contributed by atoms with Gasteiger partial charge in [-0.2, -0.15) is 0 Å². The number of likely N-dealkylation sites (N-methyl/N-ethyl adjacent to an activating group) is 1. The Morgan fingerprint density at radius 2 is 1.85 bits per heavy atom. The molecule has 0 aromatic heterocycles. The van der Waals surface area contributed by atoms with Gasteiger partial charge in [0.05, 0.1) is 6.10 Å². The third kappa shape index (κ3) is 4.53. The van der Waals surface area contributed by atoms with Gasteiger partial charge in [0.2, 0.25) is 0 Å². The molecule has 1 rings (SSSR count). The van der Waals surface area contributed by atoms with Crippen molar-refractivity contribution >= 4 is 0 Å². The van der Waals surface area contributed by atoms with Crippen molar-refractivity contribution in [3.05, 3.63) is 35.4 Å². The number of methoxy groups -OCH3 is 1. The zero-order valence-electron chi connectivity index (χ0n) is 13.0. The summed E-state index contributed by atoms with van der Waals surface area (Å²) in [6.45, 7) is 9.14. The Hall–Kier alpha value is -1.00. The van der Waals surface area contributed by atoms with E-state index in [2.05, 4.69) is 26.1 Å². The van der Waals surface area contributed by atoms with E-state index in [1.807, 2.05) is 6.92 Å². The number of hydrogen-bond donors (Lipinski definition) is 1. The largest absolute Gasteiger partial charge is 0.379 e. The van der Waals surface area contributed by atoms with Gasteiger partial charge in [0.1, 0.15) is 0 Å². The molecule has 2 atom stereocenters. The van der Waals surface area contributed by atoms with Crippen LogP contribution in [0.4, 0.5) is 8.78 Å². The van der Waals surface area contributed by atoms with Crippen molar-refractivity contribution in [1.29, 1.82) is 0 Å². The van der Waals surface area contributed by atoms with Crippen LogP contribution in [0, 0.1) is 17.0 Å². The highest BCUT2D eigenvalue weighted by atomic mass is 19.2. The summed E-state index contributed by atoms with van der Waals surface area (Å²) in [7, 11) is 1.69. The maximum absolute atomic E-state index is 13.3. The van der Waals surface area contributed by atoms with Crippen LogP contribution in [0.1, 0.15) is 33.3 Å². The second-order valence-corrected chi connectivity index (χ2v) is 6.14. The zero-order valence-corrected chi connectivity index (χ0v) is 13.0. The Morgan fingerprint density at radius 3 is 2.30 bits per heavy atom. The van der Waals surface area contributed by atoms with Crippen LogP contribution in [-0.2, 0) is 11.2 Å². The van der Waals surface area contributed by atoms with Crippen molar-refractivity contribution in [2.45, 2.75) is 46.3 Å². The molecule has 1 N–H and O–H groups in total. The fraction of sp³-hybridized carbons (Fsp3) is 0.625. The molecule has 2 unspecified atom stereocenters. The molecule has 20 heavy (non-hydrogen) atoms. The summed E-state index contributed by atoms with van der Waals surface area (Å²) in [5.41, 5.74) is 0.723. The number of ether oxygens (including phenoxy) is 1. The average Bonchev–Trinajstić information content (AvgIpc) is 2.33. The highest BCUT2D eigenvalue weighted by Crippen LogP contribution is 2.26. The summed E-state index contributed by atoms with van der Waals surface area (Å²) < 4.78 is 31.9. The lowest BCUT2D eigenvalue weighted by Crippen LogP contribution is -2.49. The molecule has 0 aliphatic rings. The molecular formula is C16H25F2NO. The molecule has 1 aromatic carbocycles. The summed E-state index contributed by atoms with van der Waals surface area (Å²) >= 11 is 0. The number of rotatable bonds is 6. The minimum Gasteiger partial charge on any atom is -0.379 e. The van der Waals surface area contributed by atoms with E-state index in [-0.39, 0.29) is 17.6 Å². The Bertz CT molecular complexity index is 429. The van der Waals surface area contributed by atoms with Crippen molar-refractivity contribution in [1.82, 2.24) is 5.32 Å². The van der Waals surface area contributed by atoms with Gasteiger partial charge in [0.25, 0.3) is 0 Å². The van der Waals surface area contributed by atoms with E-state index in [9.17, 15) is 8.78 Å². The van der Waals surface area contributed by atoms with Crippen LogP contribution in [0.2, 0.25) is 0 Å². The smallest absolute Gasteiger partial charge is 0.159 e. The third-order valence-electron chi connectivity index (χ3n) is 3.38. The molecule has 0 aliphatic heterocycles. The van der Waals surface area contributed by atoms with Crippen LogP contribution in [0.15, 0.2) is 18.2 Å². The fourth-order valence-electron chi connectivity index (χ4n) is 2.59. The van der Waals surface area contributed by atoms with Gasteiger partial charge in [0.15, 0.2) is 11.6 Å². The molecule has 1 aromatic rings. The second-order valence-electron chi connectivity index (χ2n) is 6.14. The Kier molecular flexibility index (Phi) is 6.08. The molecule has 0 radical (unpaired) electrons. The molecule has 114 valence electrons. The number of nitrogens with one attached hydrogen (secondary N) is 1. The van der Waals surface area contributed by atoms with Crippen LogP contribution >= 0.6 is 0 Å². The molecule has 0 saturated carbocycles. The lowest BCUT2D eigenvalue weighted by atomic mass is 9.82. The predicted octanol–water partition coefficient (Wildman–Crippen LogP) is 3.55. The molecule has 0 amide bonds. The maximum Gasteiger partial charge on any atom is 0.159 e. The van der Waals surface area contributed by atoms with E-state index in [0.717, 1.165) is 12.1 Å². The fourth-order valence-corrected chi connectivity index (χ4v) is 2.59. The predicted molar refractivity (Wildman–Crippen MR) is 77.8 cm³/mol. The van der Waals surface area contributed by atoms with E-state index < -0.39 is 11.6 Å². The topological polar surface area (TPSA) is 21.3 Å². The average molecular weight is 285 g/mol. The minimum absolute atomic E-state index is 0.0180. The summed E-state index contributed by atoms with van der Waals surface area (Å²) in [4.78, 5) is 0. The summed E-state index contributed by atoms with van der Waals surface area (Å²) in [6.07, 6.45) is 0.580. The Labute approximate surface area is 120 Å². The first-order valence-corrected chi connectivity index (χ1v) is 6.99. The van der Waals surface area contributed by atoms with Crippen LogP contribution in [-0.4, -0.2) is 25.8 Å². The first-order chi connectivity index (χ1) is 9.29. The van der Waals surface area contributed by atoms with Gasteiger partial charge in [0, 0.05) is 13.2 Å². The zero-order chi connectivity index (χ0) is 15.3. The summed E-state index contributed by atoms with van der Waals surface area (Å²) in [5, 5.41) is 3.38. The van der Waals surface area contributed by atoms with Gasteiger partial charge in [-0.25, -0.2) is 8.78 Å². The molecule has 0 saturated heterocycles. The van der Waals surface area contributed by atoms with E-state index in [4.69, 9.17) is 4.74 Å². The number of hydrogen-bond acceptors (Lipinski definition) is 2. The highest BCUT2D eigenvalue weighted by molar-refractivity contribution is 5.19. The van der Waals surface area contributed by atoms with E-state index in [1.165, 1.54) is 12.1 Å². The van der Waals surface area contributed by atoms with Crippen molar-refractivity contribution in [2.75, 3.05) is 13.7 Å². The molecule has 0 fully saturated rings.